The van der Waals surface area contributed by atoms with Crippen LogP contribution in [-0.2, 0) is 17.8 Å². The lowest BCUT2D eigenvalue weighted by molar-refractivity contribution is 0.0973. The summed E-state index contributed by atoms with van der Waals surface area (Å²) in [6.07, 6.45) is 4.59. The van der Waals surface area contributed by atoms with Crippen molar-refractivity contribution in [1.29, 1.82) is 0 Å². The molecular formula is C22H31ClN4O3S2. The highest BCUT2D eigenvalue weighted by Gasteiger charge is 2.47. The second-order valence-electron chi connectivity index (χ2n) is 8.59. The molecule has 176 valence electrons. The molecule has 3 aliphatic heterocycles. The van der Waals surface area contributed by atoms with Crippen LogP contribution in [0.3, 0.4) is 0 Å². The number of rotatable bonds is 3. The molecule has 1 aromatic carbocycles. The lowest BCUT2D eigenvalue weighted by atomic mass is 9.73. The zero-order valence-electron chi connectivity index (χ0n) is 18.1. The average Bonchev–Trinajstić information content (AvgIpc) is 3.36. The van der Waals surface area contributed by atoms with Crippen LogP contribution in [0.4, 0.5) is 5.82 Å². The molecule has 2 aromatic rings. The molecule has 2 fully saturated rings. The predicted octanol–water partition coefficient (Wildman–Crippen LogP) is 2.78. The predicted molar refractivity (Wildman–Crippen MR) is 136 cm³/mol. The molecule has 2 saturated heterocycles. The van der Waals surface area contributed by atoms with Crippen LogP contribution in [0.25, 0.3) is 11.3 Å². The van der Waals surface area contributed by atoms with Crippen molar-refractivity contribution in [3.8, 4) is 17.0 Å². The molecule has 3 aliphatic rings. The maximum atomic E-state index is 10.00. The highest BCUT2D eigenvalue weighted by molar-refractivity contribution is 7.59. The van der Waals surface area contributed by atoms with Crippen molar-refractivity contribution in [2.45, 2.75) is 44.9 Å². The maximum absolute atomic E-state index is 10.00. The van der Waals surface area contributed by atoms with Crippen LogP contribution in [0.1, 0.15) is 31.0 Å². The summed E-state index contributed by atoms with van der Waals surface area (Å²) in [5.41, 5.74) is 9.55. The highest BCUT2D eigenvalue weighted by atomic mass is 35.5. The molecule has 0 aliphatic carbocycles. The summed E-state index contributed by atoms with van der Waals surface area (Å²) in [4.78, 5) is 11.6. The smallest absolute Gasteiger partial charge is 0.152 e. The number of hydrogen-bond acceptors (Lipinski definition) is 7. The Labute approximate surface area is 207 Å². The number of benzene rings is 1. The van der Waals surface area contributed by atoms with Gasteiger partial charge in [-0.05, 0) is 25.3 Å². The van der Waals surface area contributed by atoms with E-state index in [1.54, 1.807) is 6.20 Å². The molecule has 0 bridgehead atoms. The zero-order chi connectivity index (χ0) is 20.9. The van der Waals surface area contributed by atoms with Gasteiger partial charge < -0.3 is 25.2 Å². The van der Waals surface area contributed by atoms with Gasteiger partial charge in [0.15, 0.2) is 5.82 Å². The molecule has 5 rings (SSSR count). The van der Waals surface area contributed by atoms with Gasteiger partial charge in [-0.1, -0.05) is 23.7 Å². The molecule has 3 N–H and O–H groups in total. The first-order valence-corrected chi connectivity index (χ1v) is 10.9. The molecule has 10 heteroatoms. The Morgan fingerprint density at radius 2 is 2.03 bits per heavy atom. The number of fused-ring (bicyclic) bond motifs is 1. The van der Waals surface area contributed by atoms with Gasteiger partial charge in [-0.3, -0.25) is 0 Å². The summed E-state index contributed by atoms with van der Waals surface area (Å²) in [5, 5.41) is 10.6. The van der Waals surface area contributed by atoms with Crippen LogP contribution >= 0.6 is 38.6 Å². The van der Waals surface area contributed by atoms with E-state index in [0.717, 1.165) is 61.7 Å². The fourth-order valence-corrected chi connectivity index (χ4v) is 5.30. The van der Waals surface area contributed by atoms with E-state index in [4.69, 9.17) is 31.8 Å². The summed E-state index contributed by atoms with van der Waals surface area (Å²) in [6, 6.07) is 4.04. The Bertz CT molecular complexity index is 972. The molecule has 1 aromatic heterocycles. The highest BCUT2D eigenvalue weighted by Crippen LogP contribution is 2.43. The minimum absolute atomic E-state index is 0. The minimum Gasteiger partial charge on any atom is -0.491 e. The maximum Gasteiger partial charge on any atom is 0.152 e. The first-order chi connectivity index (χ1) is 14.5. The van der Waals surface area contributed by atoms with E-state index >= 15 is 0 Å². The third kappa shape index (κ3) is 4.19. The lowest BCUT2D eigenvalue weighted by Gasteiger charge is -2.41. The monoisotopic (exact) mass is 498 g/mol. The van der Waals surface area contributed by atoms with E-state index < -0.39 is 0 Å². The van der Waals surface area contributed by atoms with E-state index in [-0.39, 0.29) is 51.2 Å². The van der Waals surface area contributed by atoms with Gasteiger partial charge in [-0.2, -0.15) is 27.0 Å². The molecule has 2 atom stereocenters. The number of halogens is 1. The van der Waals surface area contributed by atoms with Crippen molar-refractivity contribution in [2.24, 2.45) is 11.1 Å². The van der Waals surface area contributed by atoms with Crippen molar-refractivity contribution < 1.29 is 14.6 Å². The molecule has 7 nitrogen and oxygen atoms in total. The molecule has 0 unspecified atom stereocenters. The number of nitrogens with zero attached hydrogens (tertiary/aromatic N) is 3. The van der Waals surface area contributed by atoms with Gasteiger partial charge in [0, 0.05) is 36.5 Å². The van der Waals surface area contributed by atoms with Gasteiger partial charge in [-0.25, -0.2) is 9.97 Å². The fourth-order valence-electron chi connectivity index (χ4n) is 4.97. The van der Waals surface area contributed by atoms with Crippen LogP contribution in [0, 0.1) is 5.41 Å². The summed E-state index contributed by atoms with van der Waals surface area (Å²) in [6.45, 7) is 4.87. The molecular weight excluding hydrogens is 468 g/mol. The molecule has 1 spiro atoms. The van der Waals surface area contributed by atoms with Crippen LogP contribution < -0.4 is 15.4 Å². The van der Waals surface area contributed by atoms with Crippen molar-refractivity contribution in [3.63, 3.8) is 0 Å². The first kappa shape index (κ1) is 25.4. The fraction of sp³-hybridized carbons (Fsp3) is 0.545. The number of piperidine rings is 1. The van der Waals surface area contributed by atoms with E-state index in [9.17, 15) is 5.11 Å². The van der Waals surface area contributed by atoms with Crippen molar-refractivity contribution >= 4 is 44.4 Å². The van der Waals surface area contributed by atoms with Crippen LogP contribution in [0.15, 0.2) is 18.3 Å². The molecule has 0 radical (unpaired) electrons. The Kier molecular flexibility index (Phi) is 7.89. The van der Waals surface area contributed by atoms with Crippen LogP contribution in [0.5, 0.6) is 5.75 Å². The SMILES string of the molecule is C[C@@H]1OCC2(CCN(c3ncc(-c4ccc5c(c4Cl)OCC5)nc3CO)CC2)[C@@H]1N.S.S. The second kappa shape index (κ2) is 9.95. The van der Waals surface area contributed by atoms with E-state index in [2.05, 4.69) is 16.8 Å². The Balaban J connectivity index is 0.00000144. The van der Waals surface area contributed by atoms with Gasteiger partial charge in [0.25, 0.3) is 0 Å². The zero-order valence-corrected chi connectivity index (χ0v) is 20.9. The van der Waals surface area contributed by atoms with Crippen LogP contribution in [-0.4, -0.2) is 53.5 Å². The Hall–Kier alpha value is -1.23. The molecule has 0 amide bonds. The van der Waals surface area contributed by atoms with Crippen molar-refractivity contribution in [2.75, 3.05) is 31.2 Å². The van der Waals surface area contributed by atoms with Crippen molar-refractivity contribution in [1.82, 2.24) is 9.97 Å². The van der Waals surface area contributed by atoms with Gasteiger partial charge >= 0.3 is 0 Å². The number of nitrogens with two attached hydrogens (primary N) is 1. The van der Waals surface area contributed by atoms with E-state index in [1.165, 1.54) is 0 Å². The van der Waals surface area contributed by atoms with E-state index in [0.29, 0.717) is 23.0 Å². The second-order valence-corrected chi connectivity index (χ2v) is 8.97. The number of aliphatic hydroxyl groups excluding tert-OH is 1. The van der Waals surface area contributed by atoms with Gasteiger partial charge in [0.1, 0.15) is 11.4 Å². The van der Waals surface area contributed by atoms with E-state index in [1.807, 2.05) is 12.1 Å². The summed E-state index contributed by atoms with van der Waals surface area (Å²) in [7, 11) is 0. The van der Waals surface area contributed by atoms with Crippen molar-refractivity contribution in [3.05, 3.63) is 34.6 Å². The number of aromatic nitrogens is 2. The minimum atomic E-state index is -0.184. The van der Waals surface area contributed by atoms with Gasteiger partial charge in [0.2, 0.25) is 0 Å². The summed E-state index contributed by atoms with van der Waals surface area (Å²) < 4.78 is 11.5. The topological polar surface area (TPSA) is 93.7 Å². The molecule has 0 saturated carbocycles. The molecule has 4 heterocycles. The normalized spacial score (nSPS) is 23.3. The largest absolute Gasteiger partial charge is 0.491 e. The van der Waals surface area contributed by atoms with Gasteiger partial charge in [-0.15, -0.1) is 0 Å². The Morgan fingerprint density at radius 1 is 1.28 bits per heavy atom. The number of ether oxygens (including phenoxy) is 2. The third-order valence-corrected chi connectivity index (χ3v) is 7.33. The first-order valence-electron chi connectivity index (χ1n) is 10.6. The average molecular weight is 499 g/mol. The standard InChI is InChI=1S/C22H27ClN4O3.2H2S/c1-13-20(24)22(12-30-13)5-7-27(8-6-22)21-17(11-28)26-16(10-25-21)15-3-2-14-4-9-29-19(14)18(15)23;;/h2-3,10,13,20,28H,4-9,11-12,24H2,1H3;2*1H2/t13-,20+;;/m0../s1. The quantitative estimate of drug-likeness (QED) is 0.672. The van der Waals surface area contributed by atoms with Crippen LogP contribution in [0.2, 0.25) is 5.02 Å². The number of hydrogen-bond donors (Lipinski definition) is 2. The summed E-state index contributed by atoms with van der Waals surface area (Å²) >= 11 is 6.58. The lowest BCUT2D eigenvalue weighted by Crippen LogP contribution is -2.51. The summed E-state index contributed by atoms with van der Waals surface area (Å²) in [5.74, 6) is 1.46. The Morgan fingerprint density at radius 3 is 2.69 bits per heavy atom. The third-order valence-electron chi connectivity index (χ3n) is 6.95. The number of aliphatic hydroxyl groups is 1. The molecule has 32 heavy (non-hydrogen) atoms. The number of anilines is 1. The van der Waals surface area contributed by atoms with Gasteiger partial charge in [0.05, 0.1) is 42.8 Å².